The summed E-state index contributed by atoms with van der Waals surface area (Å²) in [5.74, 6) is 0.480. The van der Waals surface area contributed by atoms with Crippen LogP contribution < -0.4 is 10.6 Å². The largest absolute Gasteiger partial charge is 0.323 e. The summed E-state index contributed by atoms with van der Waals surface area (Å²) < 4.78 is 0. The van der Waals surface area contributed by atoms with E-state index < -0.39 is 0 Å². The molecule has 0 saturated carbocycles. The number of anilines is 2. The fourth-order valence-corrected chi connectivity index (χ4v) is 2.57. The van der Waals surface area contributed by atoms with Gasteiger partial charge in [-0.05, 0) is 35.1 Å². The monoisotopic (exact) mass is 304 g/mol. The van der Waals surface area contributed by atoms with E-state index in [2.05, 4.69) is 24.5 Å². The molecule has 3 heteroatoms. The van der Waals surface area contributed by atoms with Crippen LogP contribution in [0, 0.1) is 0 Å². The van der Waals surface area contributed by atoms with Crippen LogP contribution in [-0.4, -0.2) is 6.03 Å². The van der Waals surface area contributed by atoms with Crippen LogP contribution in [0.5, 0.6) is 0 Å². The number of hydrogen-bond donors (Lipinski definition) is 2. The van der Waals surface area contributed by atoms with Gasteiger partial charge in [0.15, 0.2) is 0 Å². The molecule has 2 N–H and O–H groups in total. The van der Waals surface area contributed by atoms with E-state index in [1.807, 2.05) is 66.7 Å². The summed E-state index contributed by atoms with van der Waals surface area (Å²) in [7, 11) is 0. The number of nitrogens with one attached hydrogen (secondary N) is 2. The van der Waals surface area contributed by atoms with Crippen molar-refractivity contribution in [2.75, 3.05) is 10.6 Å². The first kappa shape index (κ1) is 15.1. The minimum absolute atomic E-state index is 0.237. The SMILES string of the molecule is CC(C)c1ccc(NC(=O)Nc2cccc3ccccc23)cc1. The first-order valence-electron chi connectivity index (χ1n) is 7.79. The summed E-state index contributed by atoms with van der Waals surface area (Å²) in [6.45, 7) is 4.30. The molecule has 0 unspecified atom stereocenters. The average Bonchev–Trinajstić information content (AvgIpc) is 2.55. The lowest BCUT2D eigenvalue weighted by Gasteiger charge is -2.11. The number of rotatable bonds is 3. The summed E-state index contributed by atoms with van der Waals surface area (Å²) in [6.07, 6.45) is 0. The Morgan fingerprint density at radius 1 is 0.826 bits per heavy atom. The standard InChI is InChI=1S/C20H20N2O/c1-14(2)15-10-12-17(13-11-15)21-20(23)22-19-9-5-7-16-6-3-4-8-18(16)19/h3-14H,1-2H3,(H2,21,22,23). The van der Waals surface area contributed by atoms with Gasteiger partial charge in [-0.2, -0.15) is 0 Å². The summed E-state index contributed by atoms with van der Waals surface area (Å²) in [4.78, 5) is 12.2. The number of fused-ring (bicyclic) bond motifs is 1. The van der Waals surface area contributed by atoms with E-state index in [-0.39, 0.29) is 6.03 Å². The number of urea groups is 1. The van der Waals surface area contributed by atoms with E-state index in [4.69, 9.17) is 0 Å². The molecular weight excluding hydrogens is 284 g/mol. The van der Waals surface area contributed by atoms with E-state index in [0.29, 0.717) is 5.92 Å². The topological polar surface area (TPSA) is 41.1 Å². The van der Waals surface area contributed by atoms with Crippen molar-refractivity contribution >= 4 is 28.2 Å². The Kier molecular flexibility index (Phi) is 4.29. The van der Waals surface area contributed by atoms with Crippen molar-refractivity contribution in [3.05, 3.63) is 72.3 Å². The third-order valence-electron chi connectivity index (χ3n) is 3.87. The Balaban J connectivity index is 1.73. The number of benzene rings is 3. The Morgan fingerprint density at radius 3 is 2.26 bits per heavy atom. The second-order valence-electron chi connectivity index (χ2n) is 5.88. The van der Waals surface area contributed by atoms with E-state index in [1.165, 1.54) is 5.56 Å². The van der Waals surface area contributed by atoms with Crippen LogP contribution in [0.25, 0.3) is 10.8 Å². The first-order valence-corrected chi connectivity index (χ1v) is 7.79. The molecule has 0 fully saturated rings. The molecule has 0 saturated heterocycles. The molecular formula is C20H20N2O. The zero-order valence-corrected chi connectivity index (χ0v) is 13.3. The molecule has 0 atom stereocenters. The molecule has 0 aliphatic rings. The molecule has 3 aromatic rings. The summed E-state index contributed by atoms with van der Waals surface area (Å²) in [6, 6.07) is 21.6. The van der Waals surface area contributed by atoms with Crippen LogP contribution in [0.15, 0.2) is 66.7 Å². The molecule has 23 heavy (non-hydrogen) atoms. The Bertz CT molecular complexity index is 817. The molecule has 3 rings (SSSR count). The van der Waals surface area contributed by atoms with E-state index in [9.17, 15) is 4.79 Å². The first-order chi connectivity index (χ1) is 11.1. The minimum atomic E-state index is -0.237. The van der Waals surface area contributed by atoms with E-state index in [0.717, 1.165) is 22.1 Å². The van der Waals surface area contributed by atoms with Crippen LogP contribution in [0.3, 0.4) is 0 Å². The Labute approximate surface area is 136 Å². The molecule has 0 heterocycles. The lowest BCUT2D eigenvalue weighted by atomic mass is 10.0. The molecule has 0 aromatic heterocycles. The minimum Gasteiger partial charge on any atom is -0.308 e. The lowest BCUT2D eigenvalue weighted by molar-refractivity contribution is 0.262. The molecule has 3 nitrogen and oxygen atoms in total. The van der Waals surface area contributed by atoms with Crippen molar-refractivity contribution in [1.29, 1.82) is 0 Å². The van der Waals surface area contributed by atoms with Gasteiger partial charge in [-0.1, -0.05) is 62.4 Å². The zero-order chi connectivity index (χ0) is 16.2. The fourth-order valence-electron chi connectivity index (χ4n) is 2.57. The van der Waals surface area contributed by atoms with Crippen LogP contribution in [-0.2, 0) is 0 Å². The van der Waals surface area contributed by atoms with Gasteiger partial charge < -0.3 is 10.6 Å². The molecule has 116 valence electrons. The molecule has 2 amide bonds. The number of amides is 2. The molecule has 0 aliphatic heterocycles. The maximum atomic E-state index is 12.2. The van der Waals surface area contributed by atoms with Crippen molar-refractivity contribution in [3.63, 3.8) is 0 Å². The average molecular weight is 304 g/mol. The van der Waals surface area contributed by atoms with Gasteiger partial charge in [0.25, 0.3) is 0 Å². The van der Waals surface area contributed by atoms with Crippen LogP contribution >= 0.6 is 0 Å². The molecule has 3 aromatic carbocycles. The molecule has 0 aliphatic carbocycles. The van der Waals surface area contributed by atoms with Gasteiger partial charge in [-0.25, -0.2) is 4.79 Å². The second kappa shape index (κ2) is 6.53. The highest BCUT2D eigenvalue weighted by molar-refractivity contribution is 6.06. The van der Waals surface area contributed by atoms with Gasteiger partial charge >= 0.3 is 6.03 Å². The van der Waals surface area contributed by atoms with Gasteiger partial charge in [-0.3, -0.25) is 0 Å². The van der Waals surface area contributed by atoms with Gasteiger partial charge in [0.1, 0.15) is 0 Å². The Hall–Kier alpha value is -2.81. The molecule has 0 bridgehead atoms. The molecule has 0 radical (unpaired) electrons. The van der Waals surface area contributed by atoms with Gasteiger partial charge in [0, 0.05) is 11.1 Å². The number of hydrogen-bond acceptors (Lipinski definition) is 1. The van der Waals surface area contributed by atoms with Crippen LogP contribution in [0.4, 0.5) is 16.2 Å². The number of carbonyl (C=O) groups is 1. The predicted octanol–water partition coefficient (Wildman–Crippen LogP) is 5.61. The third-order valence-corrected chi connectivity index (χ3v) is 3.87. The third kappa shape index (κ3) is 3.51. The second-order valence-corrected chi connectivity index (χ2v) is 5.88. The predicted molar refractivity (Wildman–Crippen MR) is 97.1 cm³/mol. The van der Waals surface area contributed by atoms with E-state index in [1.54, 1.807) is 0 Å². The van der Waals surface area contributed by atoms with Crippen LogP contribution in [0.2, 0.25) is 0 Å². The highest BCUT2D eigenvalue weighted by atomic mass is 16.2. The van der Waals surface area contributed by atoms with Crippen molar-refractivity contribution in [1.82, 2.24) is 0 Å². The van der Waals surface area contributed by atoms with Crippen LogP contribution in [0.1, 0.15) is 25.3 Å². The summed E-state index contributed by atoms with van der Waals surface area (Å²) in [5, 5.41) is 7.92. The summed E-state index contributed by atoms with van der Waals surface area (Å²) in [5.41, 5.74) is 2.84. The highest BCUT2D eigenvalue weighted by Gasteiger charge is 2.06. The summed E-state index contributed by atoms with van der Waals surface area (Å²) >= 11 is 0. The highest BCUT2D eigenvalue weighted by Crippen LogP contribution is 2.23. The van der Waals surface area contributed by atoms with E-state index >= 15 is 0 Å². The van der Waals surface area contributed by atoms with Crippen molar-refractivity contribution in [3.8, 4) is 0 Å². The van der Waals surface area contributed by atoms with Gasteiger partial charge in [-0.15, -0.1) is 0 Å². The van der Waals surface area contributed by atoms with Gasteiger partial charge in [0.05, 0.1) is 5.69 Å². The normalized spacial score (nSPS) is 10.7. The van der Waals surface area contributed by atoms with Crippen molar-refractivity contribution in [2.45, 2.75) is 19.8 Å². The number of carbonyl (C=O) groups excluding carboxylic acids is 1. The maximum Gasteiger partial charge on any atom is 0.323 e. The molecule has 0 spiro atoms. The maximum absolute atomic E-state index is 12.2. The smallest absolute Gasteiger partial charge is 0.308 e. The lowest BCUT2D eigenvalue weighted by Crippen LogP contribution is -2.19. The zero-order valence-electron chi connectivity index (χ0n) is 13.3. The quantitative estimate of drug-likeness (QED) is 0.649. The fraction of sp³-hybridized carbons (Fsp3) is 0.150. The Morgan fingerprint density at radius 2 is 1.52 bits per heavy atom. The van der Waals surface area contributed by atoms with Crippen molar-refractivity contribution in [2.24, 2.45) is 0 Å². The van der Waals surface area contributed by atoms with Gasteiger partial charge in [0.2, 0.25) is 0 Å². The van der Waals surface area contributed by atoms with Crippen molar-refractivity contribution < 1.29 is 4.79 Å².